The van der Waals surface area contributed by atoms with Crippen molar-refractivity contribution in [3.05, 3.63) is 62.0 Å². The average molecular weight is 445 g/mol. The van der Waals surface area contributed by atoms with Crippen LogP contribution in [0.4, 0.5) is 10.5 Å². The van der Waals surface area contributed by atoms with Crippen molar-refractivity contribution in [1.82, 2.24) is 0 Å². The molecular formula is C18H16BrCl2NO3. The monoisotopic (exact) mass is 443 g/mol. The topological polar surface area (TPSA) is 47.6 Å². The molecule has 2 aromatic rings. The summed E-state index contributed by atoms with van der Waals surface area (Å²) in [7, 11) is 0. The Morgan fingerprint density at radius 1 is 1.32 bits per heavy atom. The summed E-state index contributed by atoms with van der Waals surface area (Å²) in [5.41, 5.74) is 2.74. The Hall–Kier alpha value is -1.43. The zero-order chi connectivity index (χ0) is 18.0. The van der Waals surface area contributed by atoms with Crippen LogP contribution in [0.2, 0.25) is 10.0 Å². The Balaban J connectivity index is 2.01. The Kier molecular flexibility index (Phi) is 5.77. The van der Waals surface area contributed by atoms with E-state index in [0.717, 1.165) is 21.3 Å². The zero-order valence-electron chi connectivity index (χ0n) is 13.4. The van der Waals surface area contributed by atoms with Gasteiger partial charge in [0.25, 0.3) is 0 Å². The van der Waals surface area contributed by atoms with Crippen LogP contribution in [0.15, 0.2) is 40.9 Å². The van der Waals surface area contributed by atoms with E-state index in [4.69, 9.17) is 32.7 Å². The van der Waals surface area contributed by atoms with Gasteiger partial charge in [-0.2, -0.15) is 0 Å². The first-order valence-corrected chi connectivity index (χ1v) is 9.37. The van der Waals surface area contributed by atoms with Gasteiger partial charge in [0, 0.05) is 38.1 Å². The Morgan fingerprint density at radius 3 is 2.80 bits per heavy atom. The summed E-state index contributed by atoms with van der Waals surface area (Å²) in [5, 5.41) is 4.27. The number of rotatable bonds is 3. The van der Waals surface area contributed by atoms with Crippen LogP contribution in [0.3, 0.4) is 0 Å². The van der Waals surface area contributed by atoms with Crippen LogP contribution in [0.5, 0.6) is 0 Å². The smallest absolute Gasteiger partial charge is 0.435 e. The molecular weight excluding hydrogens is 429 g/mol. The van der Waals surface area contributed by atoms with E-state index < -0.39 is 12.4 Å². The third-order valence-corrected chi connectivity index (χ3v) is 5.24. The van der Waals surface area contributed by atoms with Crippen LogP contribution >= 0.6 is 39.1 Å². The van der Waals surface area contributed by atoms with E-state index in [1.807, 2.05) is 24.3 Å². The zero-order valence-corrected chi connectivity index (χ0v) is 16.5. The molecule has 1 N–H and O–H groups in total. The Morgan fingerprint density at radius 2 is 2.08 bits per heavy atom. The molecule has 2 unspecified atom stereocenters. The normalized spacial score (nSPS) is 18.9. The lowest BCUT2D eigenvalue weighted by molar-refractivity contribution is 0.0301. The van der Waals surface area contributed by atoms with Crippen molar-refractivity contribution in [2.24, 2.45) is 0 Å². The lowest BCUT2D eigenvalue weighted by Gasteiger charge is -2.34. The van der Waals surface area contributed by atoms with Gasteiger partial charge in [0.1, 0.15) is 0 Å². The van der Waals surface area contributed by atoms with Gasteiger partial charge in [0.15, 0.2) is 6.23 Å². The molecule has 0 aromatic heterocycles. The summed E-state index contributed by atoms with van der Waals surface area (Å²) in [4.78, 5) is 11.7. The summed E-state index contributed by atoms with van der Waals surface area (Å²) in [5.74, 6) is -0.0592. The van der Waals surface area contributed by atoms with Crippen molar-refractivity contribution >= 4 is 51.0 Å². The van der Waals surface area contributed by atoms with Gasteiger partial charge in [-0.15, -0.1) is 0 Å². The molecule has 0 spiro atoms. The molecule has 0 bridgehead atoms. The fourth-order valence-electron chi connectivity index (χ4n) is 3.01. The third kappa shape index (κ3) is 4.05. The summed E-state index contributed by atoms with van der Waals surface area (Å²) >= 11 is 16.2. The van der Waals surface area contributed by atoms with E-state index in [2.05, 4.69) is 21.2 Å². The predicted octanol–water partition coefficient (Wildman–Crippen LogP) is 6.20. The fourth-order valence-corrected chi connectivity index (χ4v) is 4.19. The maximum Gasteiger partial charge on any atom is 0.510 e. The summed E-state index contributed by atoms with van der Waals surface area (Å²) < 4.78 is 11.2. The standard InChI is InChI=1S/C18H16BrCl2NO3/c1-2-24-18(23)25-16-9-12(11-5-3-4-6-13(11)19)17-14(21)7-10(20)8-15(17)22-16/h3-8,12,16,22H,2,9H2,1H3. The first-order chi connectivity index (χ1) is 12.0. The van der Waals surface area contributed by atoms with E-state index in [1.54, 1.807) is 19.1 Å². The molecule has 3 rings (SSSR count). The minimum Gasteiger partial charge on any atom is -0.435 e. The fraction of sp³-hybridized carbons (Fsp3) is 0.278. The highest BCUT2D eigenvalue weighted by atomic mass is 79.9. The number of carbonyl (C=O) groups is 1. The molecule has 0 saturated heterocycles. The molecule has 0 amide bonds. The molecule has 4 nitrogen and oxygen atoms in total. The minimum absolute atomic E-state index is 0.0592. The average Bonchev–Trinajstić information content (AvgIpc) is 2.54. The number of carbonyl (C=O) groups excluding carboxylic acids is 1. The number of hydrogen-bond acceptors (Lipinski definition) is 4. The van der Waals surface area contributed by atoms with Gasteiger partial charge in [-0.05, 0) is 30.7 Å². The molecule has 0 saturated carbocycles. The molecule has 1 aliphatic heterocycles. The van der Waals surface area contributed by atoms with Crippen LogP contribution < -0.4 is 5.32 Å². The van der Waals surface area contributed by atoms with Crippen molar-refractivity contribution in [2.75, 3.05) is 11.9 Å². The number of fused-ring (bicyclic) bond motifs is 1. The van der Waals surface area contributed by atoms with Gasteiger partial charge in [0.2, 0.25) is 0 Å². The largest absolute Gasteiger partial charge is 0.510 e. The van der Waals surface area contributed by atoms with Gasteiger partial charge < -0.3 is 14.8 Å². The molecule has 7 heteroatoms. The lowest BCUT2D eigenvalue weighted by atomic mass is 9.84. The highest BCUT2D eigenvalue weighted by Crippen LogP contribution is 2.45. The third-order valence-electron chi connectivity index (χ3n) is 3.99. The summed E-state index contributed by atoms with van der Waals surface area (Å²) in [6.07, 6.45) is -0.726. The van der Waals surface area contributed by atoms with Crippen molar-refractivity contribution < 1.29 is 14.3 Å². The summed E-state index contributed by atoms with van der Waals surface area (Å²) in [6, 6.07) is 11.4. The van der Waals surface area contributed by atoms with Crippen molar-refractivity contribution in [2.45, 2.75) is 25.5 Å². The molecule has 25 heavy (non-hydrogen) atoms. The molecule has 0 fully saturated rings. The number of halogens is 3. The summed E-state index contributed by atoms with van der Waals surface area (Å²) in [6.45, 7) is 1.99. The van der Waals surface area contributed by atoms with Gasteiger partial charge in [0.05, 0.1) is 6.61 Å². The van der Waals surface area contributed by atoms with Gasteiger partial charge in [-0.1, -0.05) is 57.3 Å². The second kappa shape index (κ2) is 7.85. The van der Waals surface area contributed by atoms with Crippen LogP contribution in [0.25, 0.3) is 0 Å². The SMILES string of the molecule is CCOC(=O)OC1CC(c2ccccc2Br)c2c(Cl)cc(Cl)cc2N1. The van der Waals surface area contributed by atoms with Gasteiger partial charge in [-0.25, -0.2) is 4.79 Å². The first-order valence-electron chi connectivity index (χ1n) is 7.83. The molecule has 2 aromatic carbocycles. The first kappa shape index (κ1) is 18.4. The molecule has 1 aliphatic rings. The van der Waals surface area contributed by atoms with Crippen molar-refractivity contribution in [1.29, 1.82) is 0 Å². The highest BCUT2D eigenvalue weighted by molar-refractivity contribution is 9.10. The predicted molar refractivity (Wildman–Crippen MR) is 103 cm³/mol. The highest BCUT2D eigenvalue weighted by Gasteiger charge is 2.33. The van der Waals surface area contributed by atoms with E-state index >= 15 is 0 Å². The number of anilines is 1. The Bertz CT molecular complexity index is 800. The second-order valence-corrected chi connectivity index (χ2v) is 7.29. The van der Waals surface area contributed by atoms with E-state index in [-0.39, 0.29) is 12.5 Å². The number of hydrogen-bond donors (Lipinski definition) is 1. The molecule has 1 heterocycles. The maximum atomic E-state index is 11.7. The number of ether oxygens (including phenoxy) is 2. The quantitative estimate of drug-likeness (QED) is 0.572. The molecule has 132 valence electrons. The van der Waals surface area contributed by atoms with Crippen molar-refractivity contribution in [3.63, 3.8) is 0 Å². The van der Waals surface area contributed by atoms with E-state index in [9.17, 15) is 4.79 Å². The molecule has 2 atom stereocenters. The van der Waals surface area contributed by atoms with E-state index in [0.29, 0.717) is 16.5 Å². The molecule has 0 radical (unpaired) electrons. The van der Waals surface area contributed by atoms with Gasteiger partial charge in [-0.3, -0.25) is 0 Å². The van der Waals surface area contributed by atoms with E-state index in [1.165, 1.54) is 0 Å². The van der Waals surface area contributed by atoms with Gasteiger partial charge >= 0.3 is 6.16 Å². The minimum atomic E-state index is -0.706. The van der Waals surface area contributed by atoms with Crippen molar-refractivity contribution in [3.8, 4) is 0 Å². The Labute approximate surface area is 164 Å². The van der Waals surface area contributed by atoms with Crippen LogP contribution in [-0.4, -0.2) is 19.0 Å². The van der Waals surface area contributed by atoms with Crippen LogP contribution in [0.1, 0.15) is 30.4 Å². The molecule has 0 aliphatic carbocycles. The van der Waals surface area contributed by atoms with Crippen LogP contribution in [-0.2, 0) is 9.47 Å². The maximum absolute atomic E-state index is 11.7. The van der Waals surface area contributed by atoms with Crippen LogP contribution in [0, 0.1) is 0 Å². The second-order valence-electron chi connectivity index (χ2n) is 5.59. The number of nitrogens with one attached hydrogen (secondary N) is 1. The number of benzene rings is 2. The lowest BCUT2D eigenvalue weighted by Crippen LogP contribution is -2.33.